The molecule has 1 aliphatic rings. The largest absolute Gasteiger partial charge is 0.444 e. The number of fused-ring (bicyclic) bond motifs is 1. The Labute approximate surface area is 205 Å². The third-order valence-electron chi connectivity index (χ3n) is 5.54. The van der Waals surface area contributed by atoms with Gasteiger partial charge in [-0.1, -0.05) is 19.1 Å². The van der Waals surface area contributed by atoms with Gasteiger partial charge in [0.25, 0.3) is 5.56 Å². The van der Waals surface area contributed by atoms with Crippen molar-refractivity contribution in [3.05, 3.63) is 52.2 Å². The summed E-state index contributed by atoms with van der Waals surface area (Å²) in [6, 6.07) is 6.79. The number of hydrogen-bond acceptors (Lipinski definition) is 7. The predicted octanol–water partition coefficient (Wildman–Crippen LogP) is 3.44. The van der Waals surface area contributed by atoms with Crippen molar-refractivity contribution in [2.24, 2.45) is 4.99 Å². The van der Waals surface area contributed by atoms with E-state index < -0.39 is 17.7 Å². The van der Waals surface area contributed by atoms with Crippen LogP contribution in [0.2, 0.25) is 0 Å². The van der Waals surface area contributed by atoms with Crippen LogP contribution in [0.1, 0.15) is 64.9 Å². The SMILES string of the molecule is CCC(C)Nc1cnc2n(c1=O)[C@H](C(=O)NCc1ccc(N=CNC(=O)OC(C)(C)C)cc1)CC2. The second-order valence-corrected chi connectivity index (χ2v) is 9.56. The summed E-state index contributed by atoms with van der Waals surface area (Å²) in [5, 5.41) is 8.55. The quantitative estimate of drug-likeness (QED) is 0.391. The number of nitrogens with one attached hydrogen (secondary N) is 3. The average Bonchev–Trinajstić information content (AvgIpc) is 3.24. The molecule has 0 saturated heterocycles. The van der Waals surface area contributed by atoms with Crippen molar-refractivity contribution in [1.29, 1.82) is 0 Å². The Bertz CT molecular complexity index is 1130. The van der Waals surface area contributed by atoms with Gasteiger partial charge in [-0.2, -0.15) is 0 Å². The minimum Gasteiger partial charge on any atom is -0.444 e. The molecule has 1 aromatic heterocycles. The highest BCUT2D eigenvalue weighted by Crippen LogP contribution is 2.23. The zero-order valence-electron chi connectivity index (χ0n) is 20.9. The molecule has 3 N–H and O–H groups in total. The van der Waals surface area contributed by atoms with Gasteiger partial charge in [0, 0.05) is 19.0 Å². The summed E-state index contributed by atoms with van der Waals surface area (Å²) in [6.45, 7) is 9.69. The minimum absolute atomic E-state index is 0.136. The molecule has 0 saturated carbocycles. The Morgan fingerprint density at radius 3 is 2.66 bits per heavy atom. The number of carbonyl (C=O) groups excluding carboxylic acids is 2. The van der Waals surface area contributed by atoms with Crippen molar-refractivity contribution in [2.45, 2.75) is 78.1 Å². The number of nitrogens with zero attached hydrogens (tertiary/aromatic N) is 3. The first-order chi connectivity index (χ1) is 16.6. The van der Waals surface area contributed by atoms with E-state index in [1.54, 1.807) is 39.1 Å². The molecule has 3 rings (SSSR count). The molecule has 2 aromatic rings. The zero-order valence-corrected chi connectivity index (χ0v) is 20.9. The molecule has 1 aliphatic heterocycles. The van der Waals surface area contributed by atoms with Gasteiger partial charge in [-0.25, -0.2) is 14.8 Å². The van der Waals surface area contributed by atoms with Gasteiger partial charge in [0.05, 0.1) is 18.2 Å². The van der Waals surface area contributed by atoms with E-state index in [0.29, 0.717) is 36.6 Å². The van der Waals surface area contributed by atoms with Crippen LogP contribution in [0.5, 0.6) is 0 Å². The first-order valence-corrected chi connectivity index (χ1v) is 11.8. The van der Waals surface area contributed by atoms with Gasteiger partial charge in [-0.3, -0.25) is 19.5 Å². The standard InChI is InChI=1S/C25H34N6O4/c1-6-16(2)30-19-14-26-21-12-11-20(31(21)23(19)33)22(32)27-13-17-7-9-18(10-8-17)28-15-29-24(34)35-25(3,4)5/h7-10,14-16,20,30H,6,11-13H2,1-5H3,(H,27,32)(H,28,29,34)/t16?,20-/m0/s1. The van der Waals surface area contributed by atoms with Crippen LogP contribution >= 0.6 is 0 Å². The van der Waals surface area contributed by atoms with Crippen LogP contribution in [0.25, 0.3) is 0 Å². The van der Waals surface area contributed by atoms with Crippen LogP contribution in [0.4, 0.5) is 16.2 Å². The number of alkyl carbamates (subject to hydrolysis) is 1. The fourth-order valence-corrected chi connectivity index (χ4v) is 3.59. The van der Waals surface area contributed by atoms with Crippen molar-refractivity contribution in [1.82, 2.24) is 20.2 Å². The van der Waals surface area contributed by atoms with Crippen LogP contribution in [0.15, 0.2) is 40.2 Å². The summed E-state index contributed by atoms with van der Waals surface area (Å²) < 4.78 is 6.65. The molecule has 188 valence electrons. The lowest BCUT2D eigenvalue weighted by molar-refractivity contribution is -0.124. The maximum atomic E-state index is 13.0. The number of aliphatic imine (C=N–C) groups is 1. The lowest BCUT2D eigenvalue weighted by Crippen LogP contribution is -2.36. The van der Waals surface area contributed by atoms with Crippen molar-refractivity contribution in [3.63, 3.8) is 0 Å². The van der Waals surface area contributed by atoms with Gasteiger partial charge in [-0.15, -0.1) is 0 Å². The Morgan fingerprint density at radius 1 is 1.29 bits per heavy atom. The predicted molar refractivity (Wildman–Crippen MR) is 135 cm³/mol. The Hall–Kier alpha value is -3.69. The topological polar surface area (TPSA) is 127 Å². The highest BCUT2D eigenvalue weighted by Gasteiger charge is 2.31. The van der Waals surface area contributed by atoms with Crippen LogP contribution in [0.3, 0.4) is 0 Å². The van der Waals surface area contributed by atoms with E-state index in [1.807, 2.05) is 26.0 Å². The van der Waals surface area contributed by atoms with E-state index in [-0.39, 0.29) is 17.5 Å². The highest BCUT2D eigenvalue weighted by molar-refractivity contribution is 5.83. The van der Waals surface area contributed by atoms with E-state index in [4.69, 9.17) is 4.74 Å². The summed E-state index contributed by atoms with van der Waals surface area (Å²) in [5.74, 6) is 0.420. The van der Waals surface area contributed by atoms with E-state index in [9.17, 15) is 14.4 Å². The number of benzene rings is 1. The van der Waals surface area contributed by atoms with E-state index in [0.717, 1.165) is 12.0 Å². The van der Waals surface area contributed by atoms with Gasteiger partial charge >= 0.3 is 6.09 Å². The number of ether oxygens (including phenoxy) is 1. The minimum atomic E-state index is -0.582. The van der Waals surface area contributed by atoms with Gasteiger partial charge in [0.15, 0.2) is 0 Å². The average molecular weight is 483 g/mol. The third-order valence-corrected chi connectivity index (χ3v) is 5.54. The molecule has 2 amide bonds. The summed E-state index contributed by atoms with van der Waals surface area (Å²) >= 11 is 0. The number of amides is 2. The first-order valence-electron chi connectivity index (χ1n) is 11.8. The number of rotatable bonds is 8. The maximum absolute atomic E-state index is 13.0. The molecular formula is C25H34N6O4. The number of aryl methyl sites for hydroxylation is 1. The molecule has 1 unspecified atom stereocenters. The Kier molecular flexibility index (Phi) is 8.26. The fourth-order valence-electron chi connectivity index (χ4n) is 3.59. The summed E-state index contributed by atoms with van der Waals surface area (Å²) in [7, 11) is 0. The number of aromatic nitrogens is 2. The molecular weight excluding hydrogens is 448 g/mol. The molecule has 10 heteroatoms. The summed E-state index contributed by atoms with van der Waals surface area (Å²) in [5.41, 5.74) is 1.14. The number of anilines is 1. The summed E-state index contributed by atoms with van der Waals surface area (Å²) in [4.78, 5) is 46.1. The van der Waals surface area contributed by atoms with Crippen molar-refractivity contribution in [3.8, 4) is 0 Å². The highest BCUT2D eigenvalue weighted by atomic mass is 16.6. The van der Waals surface area contributed by atoms with Gasteiger partial charge < -0.3 is 15.4 Å². The normalized spacial score (nSPS) is 16.0. The Balaban J connectivity index is 1.56. The number of hydrogen-bond donors (Lipinski definition) is 3. The van der Waals surface area contributed by atoms with Crippen LogP contribution < -0.4 is 21.5 Å². The molecule has 35 heavy (non-hydrogen) atoms. The van der Waals surface area contributed by atoms with Crippen LogP contribution in [-0.4, -0.2) is 39.5 Å². The van der Waals surface area contributed by atoms with Gasteiger partial charge in [0.1, 0.15) is 23.2 Å². The molecule has 0 radical (unpaired) electrons. The molecule has 0 spiro atoms. The molecule has 0 bridgehead atoms. The molecule has 2 atom stereocenters. The maximum Gasteiger partial charge on any atom is 0.412 e. The number of carbonyl (C=O) groups is 2. The lowest BCUT2D eigenvalue weighted by atomic mass is 10.1. The lowest BCUT2D eigenvalue weighted by Gasteiger charge is -2.18. The van der Waals surface area contributed by atoms with Crippen LogP contribution in [0, 0.1) is 0 Å². The van der Waals surface area contributed by atoms with E-state index in [1.165, 1.54) is 10.9 Å². The van der Waals surface area contributed by atoms with E-state index in [2.05, 4.69) is 25.9 Å². The molecule has 0 aliphatic carbocycles. The van der Waals surface area contributed by atoms with Gasteiger partial charge in [-0.05, 0) is 58.2 Å². The van der Waals surface area contributed by atoms with Crippen LogP contribution in [-0.2, 0) is 22.5 Å². The summed E-state index contributed by atoms with van der Waals surface area (Å²) in [6.07, 6.45) is 4.26. The monoisotopic (exact) mass is 482 g/mol. The fraction of sp³-hybridized carbons (Fsp3) is 0.480. The first kappa shape index (κ1) is 25.9. The molecule has 0 fully saturated rings. The third kappa shape index (κ3) is 7.14. The van der Waals surface area contributed by atoms with Crippen molar-refractivity contribution >= 4 is 29.7 Å². The second kappa shape index (κ2) is 11.2. The second-order valence-electron chi connectivity index (χ2n) is 9.56. The van der Waals surface area contributed by atoms with Crippen molar-refractivity contribution in [2.75, 3.05) is 5.32 Å². The molecule has 10 nitrogen and oxygen atoms in total. The smallest absolute Gasteiger partial charge is 0.412 e. The van der Waals surface area contributed by atoms with Crippen molar-refractivity contribution < 1.29 is 14.3 Å². The van der Waals surface area contributed by atoms with Gasteiger partial charge in [0.2, 0.25) is 5.91 Å². The Morgan fingerprint density at radius 2 is 2.00 bits per heavy atom. The molecule has 1 aromatic carbocycles. The molecule has 2 heterocycles. The van der Waals surface area contributed by atoms with E-state index >= 15 is 0 Å². The zero-order chi connectivity index (χ0) is 25.6.